The number of benzene rings is 1. The summed E-state index contributed by atoms with van der Waals surface area (Å²) in [5.41, 5.74) is 7.40. The van der Waals surface area contributed by atoms with Crippen molar-refractivity contribution in [3.63, 3.8) is 0 Å². The minimum Gasteiger partial charge on any atom is -0.393 e. The number of aliphatic hydroxyl groups is 1. The fraction of sp³-hybridized carbons (Fsp3) is 0.562. The molecule has 1 aromatic rings. The lowest BCUT2D eigenvalue weighted by Gasteiger charge is -2.34. The third kappa shape index (κ3) is 4.81. The molecule has 116 valence electrons. The van der Waals surface area contributed by atoms with E-state index in [0.717, 1.165) is 37.2 Å². The van der Waals surface area contributed by atoms with Gasteiger partial charge >= 0.3 is 0 Å². The van der Waals surface area contributed by atoms with Crippen LogP contribution in [0.3, 0.4) is 0 Å². The number of hydrogen-bond donors (Lipinski definition) is 3. The lowest BCUT2D eigenvalue weighted by molar-refractivity contribution is -0.116. The summed E-state index contributed by atoms with van der Waals surface area (Å²) in [6.07, 6.45) is 2.13. The zero-order valence-electron chi connectivity index (χ0n) is 12.6. The third-order valence-corrected chi connectivity index (χ3v) is 4.01. The van der Waals surface area contributed by atoms with Gasteiger partial charge in [-0.3, -0.25) is 4.79 Å². The lowest BCUT2D eigenvalue weighted by Crippen LogP contribution is -2.38. The van der Waals surface area contributed by atoms with Gasteiger partial charge in [-0.2, -0.15) is 0 Å². The average Bonchev–Trinajstić information content (AvgIpc) is 2.44. The van der Waals surface area contributed by atoms with Gasteiger partial charge in [0, 0.05) is 31.7 Å². The fourth-order valence-electron chi connectivity index (χ4n) is 2.71. The van der Waals surface area contributed by atoms with Crippen LogP contribution >= 0.6 is 0 Å². The molecular formula is C16H25N3O2. The second-order valence-electron chi connectivity index (χ2n) is 5.91. The molecule has 1 aromatic carbocycles. The van der Waals surface area contributed by atoms with Crippen LogP contribution in [0.2, 0.25) is 0 Å². The Morgan fingerprint density at radius 2 is 2.14 bits per heavy atom. The largest absolute Gasteiger partial charge is 0.393 e. The summed E-state index contributed by atoms with van der Waals surface area (Å²) in [6, 6.07) is 7.60. The number of nitrogens with one attached hydrogen (secondary N) is 1. The highest BCUT2D eigenvalue weighted by Crippen LogP contribution is 2.27. The second kappa shape index (κ2) is 7.54. The number of para-hydroxylation sites is 1. The van der Waals surface area contributed by atoms with Crippen molar-refractivity contribution in [3.05, 3.63) is 29.8 Å². The number of nitrogens with two attached hydrogens (primary N) is 1. The SMILES string of the molecule is CN(CCC(=O)Nc1ccccc1CN)CC1CC(O)C1. The summed E-state index contributed by atoms with van der Waals surface area (Å²) in [6.45, 7) is 2.09. The predicted octanol–water partition coefficient (Wildman–Crippen LogP) is 1.18. The first-order valence-electron chi connectivity index (χ1n) is 7.53. The van der Waals surface area contributed by atoms with E-state index in [0.29, 0.717) is 18.9 Å². The van der Waals surface area contributed by atoms with Crippen LogP contribution < -0.4 is 11.1 Å². The molecule has 1 aliphatic rings. The van der Waals surface area contributed by atoms with E-state index in [1.165, 1.54) is 0 Å². The molecular weight excluding hydrogens is 266 g/mol. The van der Waals surface area contributed by atoms with Crippen LogP contribution in [0.5, 0.6) is 0 Å². The molecule has 0 aromatic heterocycles. The van der Waals surface area contributed by atoms with E-state index in [9.17, 15) is 9.90 Å². The van der Waals surface area contributed by atoms with E-state index in [-0.39, 0.29) is 12.0 Å². The van der Waals surface area contributed by atoms with Crippen molar-refractivity contribution in [2.24, 2.45) is 11.7 Å². The molecule has 1 aliphatic carbocycles. The molecule has 21 heavy (non-hydrogen) atoms. The summed E-state index contributed by atoms with van der Waals surface area (Å²) >= 11 is 0. The smallest absolute Gasteiger partial charge is 0.225 e. The van der Waals surface area contributed by atoms with E-state index < -0.39 is 0 Å². The monoisotopic (exact) mass is 291 g/mol. The summed E-state index contributed by atoms with van der Waals surface area (Å²) in [5, 5.41) is 12.2. The Labute approximate surface area is 126 Å². The van der Waals surface area contributed by atoms with Crippen LogP contribution in [0.4, 0.5) is 5.69 Å². The van der Waals surface area contributed by atoms with Crippen LogP contribution in [0.1, 0.15) is 24.8 Å². The summed E-state index contributed by atoms with van der Waals surface area (Å²) < 4.78 is 0. The lowest BCUT2D eigenvalue weighted by atomic mass is 9.82. The normalized spacial score (nSPS) is 21.1. The van der Waals surface area contributed by atoms with Crippen LogP contribution in [-0.2, 0) is 11.3 Å². The number of carbonyl (C=O) groups is 1. The van der Waals surface area contributed by atoms with Crippen molar-refractivity contribution in [1.82, 2.24) is 4.90 Å². The Hall–Kier alpha value is -1.43. The van der Waals surface area contributed by atoms with Gasteiger partial charge < -0.3 is 21.1 Å². The first-order valence-corrected chi connectivity index (χ1v) is 7.53. The van der Waals surface area contributed by atoms with Crippen molar-refractivity contribution in [2.45, 2.75) is 31.9 Å². The molecule has 5 heteroatoms. The fourth-order valence-corrected chi connectivity index (χ4v) is 2.71. The first kappa shape index (κ1) is 15.9. The summed E-state index contributed by atoms with van der Waals surface area (Å²) in [4.78, 5) is 14.1. The molecule has 1 saturated carbocycles. The highest BCUT2D eigenvalue weighted by Gasteiger charge is 2.27. The minimum absolute atomic E-state index is 0.0106. The molecule has 2 rings (SSSR count). The maximum absolute atomic E-state index is 12.0. The zero-order chi connectivity index (χ0) is 15.2. The van der Waals surface area contributed by atoms with Crippen molar-refractivity contribution in [1.29, 1.82) is 0 Å². The number of carbonyl (C=O) groups excluding carboxylic acids is 1. The molecule has 4 N–H and O–H groups in total. The number of amides is 1. The number of aliphatic hydroxyl groups excluding tert-OH is 1. The van der Waals surface area contributed by atoms with Crippen LogP contribution in [0.25, 0.3) is 0 Å². The van der Waals surface area contributed by atoms with E-state index in [2.05, 4.69) is 10.2 Å². The van der Waals surface area contributed by atoms with Gasteiger partial charge in [-0.05, 0) is 37.4 Å². The third-order valence-electron chi connectivity index (χ3n) is 4.01. The van der Waals surface area contributed by atoms with Gasteiger partial charge in [-0.1, -0.05) is 18.2 Å². The number of nitrogens with zero attached hydrogens (tertiary/aromatic N) is 1. The maximum Gasteiger partial charge on any atom is 0.225 e. The van der Waals surface area contributed by atoms with Crippen LogP contribution in [0.15, 0.2) is 24.3 Å². The Kier molecular flexibility index (Phi) is 5.73. The maximum atomic E-state index is 12.0. The molecule has 5 nitrogen and oxygen atoms in total. The van der Waals surface area contributed by atoms with Gasteiger partial charge in [0.1, 0.15) is 0 Å². The van der Waals surface area contributed by atoms with E-state index in [1.807, 2.05) is 31.3 Å². The Bertz CT molecular complexity index is 472. The quantitative estimate of drug-likeness (QED) is 0.705. The van der Waals surface area contributed by atoms with Crippen LogP contribution in [0, 0.1) is 5.92 Å². The van der Waals surface area contributed by atoms with E-state index >= 15 is 0 Å². The standard InChI is InChI=1S/C16H25N3O2/c1-19(11-12-8-14(20)9-12)7-6-16(21)18-15-5-3-2-4-13(15)10-17/h2-5,12,14,20H,6-11,17H2,1H3,(H,18,21). The average molecular weight is 291 g/mol. The van der Waals surface area contributed by atoms with Crippen molar-refractivity contribution in [3.8, 4) is 0 Å². The molecule has 1 fully saturated rings. The Morgan fingerprint density at radius 3 is 2.81 bits per heavy atom. The molecule has 1 amide bonds. The predicted molar refractivity (Wildman–Crippen MR) is 83.8 cm³/mol. The Morgan fingerprint density at radius 1 is 1.43 bits per heavy atom. The topological polar surface area (TPSA) is 78.6 Å². The molecule has 0 radical (unpaired) electrons. The molecule has 0 heterocycles. The number of hydrogen-bond acceptors (Lipinski definition) is 4. The van der Waals surface area contributed by atoms with Crippen molar-refractivity contribution in [2.75, 3.05) is 25.5 Å². The van der Waals surface area contributed by atoms with E-state index in [1.54, 1.807) is 0 Å². The first-order chi connectivity index (χ1) is 10.1. The highest BCUT2D eigenvalue weighted by atomic mass is 16.3. The van der Waals surface area contributed by atoms with E-state index in [4.69, 9.17) is 5.73 Å². The molecule has 0 aliphatic heterocycles. The van der Waals surface area contributed by atoms with Gasteiger partial charge in [0.05, 0.1) is 6.10 Å². The van der Waals surface area contributed by atoms with Gasteiger partial charge in [0.15, 0.2) is 0 Å². The van der Waals surface area contributed by atoms with Crippen molar-refractivity contribution < 1.29 is 9.90 Å². The molecule has 0 atom stereocenters. The second-order valence-corrected chi connectivity index (χ2v) is 5.91. The highest BCUT2D eigenvalue weighted by molar-refractivity contribution is 5.91. The van der Waals surface area contributed by atoms with Crippen LogP contribution in [-0.4, -0.2) is 42.2 Å². The number of anilines is 1. The molecule has 0 spiro atoms. The zero-order valence-corrected chi connectivity index (χ0v) is 12.6. The van der Waals surface area contributed by atoms with Crippen molar-refractivity contribution >= 4 is 11.6 Å². The van der Waals surface area contributed by atoms with Gasteiger partial charge in [-0.25, -0.2) is 0 Å². The number of rotatable bonds is 7. The van der Waals surface area contributed by atoms with Gasteiger partial charge in [-0.15, -0.1) is 0 Å². The molecule has 0 unspecified atom stereocenters. The van der Waals surface area contributed by atoms with Gasteiger partial charge in [0.2, 0.25) is 5.91 Å². The summed E-state index contributed by atoms with van der Waals surface area (Å²) in [5.74, 6) is 0.586. The minimum atomic E-state index is -0.112. The summed E-state index contributed by atoms with van der Waals surface area (Å²) in [7, 11) is 2.02. The molecule has 0 bridgehead atoms. The Balaban J connectivity index is 1.71. The van der Waals surface area contributed by atoms with Gasteiger partial charge in [0.25, 0.3) is 0 Å². The molecule has 0 saturated heterocycles.